The van der Waals surface area contributed by atoms with E-state index in [0.717, 1.165) is 9.99 Å². The van der Waals surface area contributed by atoms with Gasteiger partial charge in [0.2, 0.25) is 0 Å². The molecular weight excluding hydrogens is 366 g/mol. The van der Waals surface area contributed by atoms with Crippen LogP contribution in [-0.2, 0) is 0 Å². The van der Waals surface area contributed by atoms with Crippen LogP contribution in [0.25, 0.3) is 5.52 Å². The van der Waals surface area contributed by atoms with Crippen LogP contribution in [0.4, 0.5) is 0 Å². The number of aromatic nitrogens is 2. The lowest BCUT2D eigenvalue weighted by atomic mass is 9.86. The van der Waals surface area contributed by atoms with Crippen LogP contribution in [-0.4, -0.2) is 27.0 Å². The van der Waals surface area contributed by atoms with Crippen LogP contribution in [0.1, 0.15) is 47.4 Å². The lowest BCUT2D eigenvalue weighted by Gasteiger charge is -2.38. The first-order valence-electron chi connectivity index (χ1n) is 8.09. The van der Waals surface area contributed by atoms with Gasteiger partial charge >= 0.3 is 0 Å². The number of halogens is 1. The molecule has 2 atom stereocenters. The van der Waals surface area contributed by atoms with Gasteiger partial charge in [-0.1, -0.05) is 31.2 Å². The summed E-state index contributed by atoms with van der Waals surface area (Å²) in [4.78, 5) is 15.0. The Hall–Kier alpha value is -2.14. The fourth-order valence-corrected chi connectivity index (χ4v) is 3.86. The molecule has 3 aromatic rings. The maximum atomic E-state index is 13.1. The molecule has 4 nitrogen and oxygen atoms in total. The summed E-state index contributed by atoms with van der Waals surface area (Å²) in [6.07, 6.45) is 1.86. The standard InChI is InChI=1S/C19H18BrN3O/c1-12-10-22(13(2)17-6-4-3-5-16(12)17)19(24)18-9-15-8-7-14(20)11-23(15)21-18/h3-9,11-13H,10H2,1-2H3/t12-,13-/m1/s1. The fourth-order valence-electron chi connectivity index (χ4n) is 3.53. The van der Waals surface area contributed by atoms with Crippen molar-refractivity contribution in [3.63, 3.8) is 0 Å². The third-order valence-corrected chi connectivity index (χ3v) is 5.29. The van der Waals surface area contributed by atoms with Gasteiger partial charge in [0.25, 0.3) is 5.91 Å². The zero-order valence-electron chi connectivity index (χ0n) is 13.6. The predicted molar refractivity (Wildman–Crippen MR) is 97.2 cm³/mol. The van der Waals surface area contributed by atoms with Gasteiger partial charge in [0, 0.05) is 17.2 Å². The zero-order valence-corrected chi connectivity index (χ0v) is 15.2. The average Bonchev–Trinajstić information content (AvgIpc) is 3.00. The minimum absolute atomic E-state index is 0.0105. The highest BCUT2D eigenvalue weighted by atomic mass is 79.9. The summed E-state index contributed by atoms with van der Waals surface area (Å²) in [6, 6.07) is 14.2. The van der Waals surface area contributed by atoms with E-state index in [0.29, 0.717) is 18.2 Å². The first-order chi connectivity index (χ1) is 11.5. The molecule has 0 N–H and O–H groups in total. The number of rotatable bonds is 1. The molecule has 3 heterocycles. The van der Waals surface area contributed by atoms with Crippen molar-refractivity contribution in [3.05, 3.63) is 70.0 Å². The summed E-state index contributed by atoms with van der Waals surface area (Å²) in [5.74, 6) is 0.316. The van der Waals surface area contributed by atoms with Gasteiger partial charge in [-0.15, -0.1) is 0 Å². The van der Waals surface area contributed by atoms with Crippen LogP contribution < -0.4 is 0 Å². The summed E-state index contributed by atoms with van der Waals surface area (Å²) in [6.45, 7) is 4.98. The van der Waals surface area contributed by atoms with Crippen molar-refractivity contribution in [2.45, 2.75) is 25.8 Å². The molecule has 1 aliphatic rings. The Kier molecular flexibility index (Phi) is 3.68. The van der Waals surface area contributed by atoms with Crippen molar-refractivity contribution in [3.8, 4) is 0 Å². The molecule has 5 heteroatoms. The second kappa shape index (κ2) is 5.74. The van der Waals surface area contributed by atoms with Crippen molar-refractivity contribution >= 4 is 27.4 Å². The van der Waals surface area contributed by atoms with Gasteiger partial charge in [-0.25, -0.2) is 4.52 Å². The molecule has 2 aromatic heterocycles. The Balaban J connectivity index is 1.71. The molecule has 0 fully saturated rings. The summed E-state index contributed by atoms with van der Waals surface area (Å²) < 4.78 is 2.68. The van der Waals surface area contributed by atoms with E-state index in [1.807, 2.05) is 35.4 Å². The van der Waals surface area contributed by atoms with E-state index in [1.54, 1.807) is 4.52 Å². The molecule has 1 aliphatic heterocycles. The molecule has 1 aromatic carbocycles. The second-order valence-corrected chi connectivity index (χ2v) is 7.33. The van der Waals surface area contributed by atoms with Crippen molar-refractivity contribution in [1.29, 1.82) is 0 Å². The Morgan fingerprint density at radius 2 is 1.92 bits per heavy atom. The first-order valence-corrected chi connectivity index (χ1v) is 8.88. The zero-order chi connectivity index (χ0) is 16.8. The topological polar surface area (TPSA) is 37.6 Å². The summed E-state index contributed by atoms with van der Waals surface area (Å²) in [5, 5.41) is 4.46. The Labute approximate surface area is 149 Å². The molecular formula is C19H18BrN3O. The second-order valence-electron chi connectivity index (χ2n) is 6.41. The SMILES string of the molecule is C[C@@H]1CN(C(=O)c2cc3ccc(Br)cn3n2)[C@H](C)c2ccccc21. The van der Waals surface area contributed by atoms with Gasteiger partial charge < -0.3 is 4.90 Å². The van der Waals surface area contributed by atoms with Crippen LogP contribution in [0.5, 0.6) is 0 Å². The molecule has 0 bridgehead atoms. The molecule has 0 aliphatic carbocycles. The van der Waals surface area contributed by atoms with Crippen molar-refractivity contribution in [2.75, 3.05) is 6.54 Å². The number of hydrogen-bond acceptors (Lipinski definition) is 2. The van der Waals surface area contributed by atoms with E-state index in [9.17, 15) is 4.79 Å². The van der Waals surface area contributed by atoms with Gasteiger partial charge in [-0.2, -0.15) is 5.10 Å². The molecule has 0 saturated heterocycles. The van der Waals surface area contributed by atoms with Crippen LogP contribution >= 0.6 is 15.9 Å². The third-order valence-electron chi connectivity index (χ3n) is 4.82. The number of carbonyl (C=O) groups excluding carboxylic acids is 1. The highest BCUT2D eigenvalue weighted by Gasteiger charge is 2.32. The van der Waals surface area contributed by atoms with Crippen molar-refractivity contribution < 1.29 is 4.79 Å². The number of hydrogen-bond donors (Lipinski definition) is 0. The van der Waals surface area contributed by atoms with Crippen molar-refractivity contribution in [1.82, 2.24) is 14.5 Å². The molecule has 0 radical (unpaired) electrons. The van der Waals surface area contributed by atoms with Gasteiger partial charge in [0.05, 0.1) is 11.6 Å². The minimum atomic E-state index is -0.0105. The number of amides is 1. The first kappa shape index (κ1) is 15.4. The van der Waals surface area contributed by atoms with Crippen LogP contribution in [0.2, 0.25) is 0 Å². The summed E-state index contributed by atoms with van der Waals surface area (Å²) >= 11 is 3.43. The third kappa shape index (κ3) is 2.44. The number of pyridine rings is 1. The molecule has 0 unspecified atom stereocenters. The Bertz CT molecular complexity index is 933. The monoisotopic (exact) mass is 383 g/mol. The van der Waals surface area contributed by atoms with Gasteiger partial charge in [-0.05, 0) is 58.1 Å². The molecule has 24 heavy (non-hydrogen) atoms. The lowest BCUT2D eigenvalue weighted by molar-refractivity contribution is 0.0653. The van der Waals surface area contributed by atoms with E-state index < -0.39 is 0 Å². The number of benzene rings is 1. The summed E-state index contributed by atoms with van der Waals surface area (Å²) in [7, 11) is 0. The van der Waals surface area contributed by atoms with E-state index in [-0.39, 0.29) is 11.9 Å². The van der Waals surface area contributed by atoms with Crippen LogP contribution in [0.3, 0.4) is 0 Å². The van der Waals surface area contributed by atoms with Gasteiger partial charge in [-0.3, -0.25) is 4.79 Å². The summed E-state index contributed by atoms with van der Waals surface area (Å²) in [5.41, 5.74) is 3.98. The van der Waals surface area contributed by atoms with E-state index >= 15 is 0 Å². The Morgan fingerprint density at radius 3 is 2.71 bits per heavy atom. The average molecular weight is 384 g/mol. The van der Waals surface area contributed by atoms with Gasteiger partial charge in [0.15, 0.2) is 5.69 Å². The largest absolute Gasteiger partial charge is 0.330 e. The van der Waals surface area contributed by atoms with Crippen molar-refractivity contribution in [2.24, 2.45) is 0 Å². The smallest absolute Gasteiger partial charge is 0.274 e. The normalized spacial score (nSPS) is 20.2. The Morgan fingerprint density at radius 1 is 1.17 bits per heavy atom. The number of carbonyl (C=O) groups is 1. The fraction of sp³-hybridized carbons (Fsp3) is 0.263. The lowest BCUT2D eigenvalue weighted by Crippen LogP contribution is -2.40. The highest BCUT2D eigenvalue weighted by molar-refractivity contribution is 9.10. The predicted octanol–water partition coefficient (Wildman–Crippen LogP) is 4.42. The molecule has 0 saturated carbocycles. The molecule has 122 valence electrons. The van der Waals surface area contributed by atoms with E-state index in [4.69, 9.17) is 0 Å². The van der Waals surface area contributed by atoms with E-state index in [1.165, 1.54) is 11.1 Å². The maximum Gasteiger partial charge on any atom is 0.274 e. The minimum Gasteiger partial charge on any atom is -0.330 e. The number of fused-ring (bicyclic) bond motifs is 2. The van der Waals surface area contributed by atoms with Crippen LogP contribution in [0, 0.1) is 0 Å². The van der Waals surface area contributed by atoms with Gasteiger partial charge in [0.1, 0.15) is 0 Å². The maximum absolute atomic E-state index is 13.1. The number of nitrogens with zero attached hydrogens (tertiary/aromatic N) is 3. The van der Waals surface area contributed by atoms with Crippen LogP contribution in [0.15, 0.2) is 53.1 Å². The van der Waals surface area contributed by atoms with E-state index in [2.05, 4.69) is 53.1 Å². The highest BCUT2D eigenvalue weighted by Crippen LogP contribution is 2.36. The molecule has 1 amide bonds. The quantitative estimate of drug-likeness (QED) is 0.623. The molecule has 0 spiro atoms. The molecule has 4 rings (SSSR count).